The molecule has 2 aromatic carbocycles. The molecule has 3 rings (SSSR count). The van der Waals surface area contributed by atoms with Gasteiger partial charge in [0.05, 0.1) is 19.4 Å². The molecule has 0 aliphatic rings. The molecule has 1 heterocycles. The zero-order valence-corrected chi connectivity index (χ0v) is 13.6. The van der Waals surface area contributed by atoms with E-state index in [1.807, 2.05) is 78.6 Å². The van der Waals surface area contributed by atoms with Crippen molar-refractivity contribution < 1.29 is 9.21 Å². The van der Waals surface area contributed by atoms with E-state index in [1.54, 1.807) is 6.26 Å². The maximum atomic E-state index is 12.4. The Morgan fingerprint density at radius 1 is 1.00 bits per heavy atom. The van der Waals surface area contributed by atoms with Crippen LogP contribution in [-0.4, -0.2) is 12.5 Å². The summed E-state index contributed by atoms with van der Waals surface area (Å²) < 4.78 is 5.44. The molecule has 0 unspecified atom stereocenters. The topological polar surface area (TPSA) is 45.5 Å². The van der Waals surface area contributed by atoms with Crippen molar-refractivity contribution in [2.75, 3.05) is 16.8 Å². The van der Waals surface area contributed by atoms with Crippen molar-refractivity contribution in [3.8, 4) is 0 Å². The Labute approximate surface area is 141 Å². The van der Waals surface area contributed by atoms with Gasteiger partial charge in [-0.1, -0.05) is 35.9 Å². The lowest BCUT2D eigenvalue weighted by molar-refractivity contribution is -0.115. The van der Waals surface area contributed by atoms with Crippen molar-refractivity contribution in [3.05, 3.63) is 84.3 Å². The molecule has 1 aromatic heterocycles. The van der Waals surface area contributed by atoms with Crippen molar-refractivity contribution in [2.24, 2.45) is 0 Å². The molecule has 0 saturated carbocycles. The van der Waals surface area contributed by atoms with E-state index >= 15 is 0 Å². The second kappa shape index (κ2) is 7.51. The molecule has 4 nitrogen and oxygen atoms in total. The highest BCUT2D eigenvalue weighted by Crippen LogP contribution is 2.18. The van der Waals surface area contributed by atoms with Crippen LogP contribution >= 0.6 is 0 Å². The first-order valence-corrected chi connectivity index (χ1v) is 7.89. The Morgan fingerprint density at radius 2 is 1.75 bits per heavy atom. The first-order chi connectivity index (χ1) is 11.7. The van der Waals surface area contributed by atoms with Gasteiger partial charge < -0.3 is 14.6 Å². The molecule has 3 aromatic rings. The van der Waals surface area contributed by atoms with E-state index in [4.69, 9.17) is 4.42 Å². The fourth-order valence-electron chi connectivity index (χ4n) is 2.48. The highest BCUT2D eigenvalue weighted by Gasteiger charge is 2.14. The van der Waals surface area contributed by atoms with Gasteiger partial charge in [0.2, 0.25) is 5.91 Å². The van der Waals surface area contributed by atoms with E-state index in [0.29, 0.717) is 6.54 Å². The van der Waals surface area contributed by atoms with Crippen LogP contribution in [0.3, 0.4) is 0 Å². The number of carbonyl (C=O) groups is 1. The molecule has 24 heavy (non-hydrogen) atoms. The quantitative estimate of drug-likeness (QED) is 0.739. The number of aryl methyl sites for hydroxylation is 1. The number of amides is 1. The number of furan rings is 1. The lowest BCUT2D eigenvalue weighted by Crippen LogP contribution is -2.32. The number of benzene rings is 2. The first kappa shape index (κ1) is 15.9. The predicted octanol–water partition coefficient (Wildman–Crippen LogP) is 4.23. The number of hydrogen-bond acceptors (Lipinski definition) is 3. The van der Waals surface area contributed by atoms with Crippen LogP contribution in [0.4, 0.5) is 11.4 Å². The average molecular weight is 320 g/mol. The van der Waals surface area contributed by atoms with E-state index < -0.39 is 0 Å². The Balaban J connectivity index is 1.74. The zero-order valence-electron chi connectivity index (χ0n) is 13.6. The minimum Gasteiger partial charge on any atom is -0.467 e. The number of para-hydroxylation sites is 1. The maximum Gasteiger partial charge on any atom is 0.243 e. The molecule has 0 radical (unpaired) electrons. The van der Waals surface area contributed by atoms with Crippen molar-refractivity contribution in [2.45, 2.75) is 13.5 Å². The third-order valence-corrected chi connectivity index (χ3v) is 3.72. The van der Waals surface area contributed by atoms with Gasteiger partial charge in [-0.3, -0.25) is 4.79 Å². The van der Waals surface area contributed by atoms with Gasteiger partial charge in [0.25, 0.3) is 0 Å². The minimum absolute atomic E-state index is 0.0617. The SMILES string of the molecule is Cc1ccc(N(CC(=O)Nc2ccccc2)Cc2ccco2)cc1. The Morgan fingerprint density at radius 3 is 2.42 bits per heavy atom. The molecule has 0 atom stereocenters. The molecule has 0 bridgehead atoms. The molecule has 0 aliphatic carbocycles. The number of anilines is 2. The van der Waals surface area contributed by atoms with E-state index in [2.05, 4.69) is 5.32 Å². The number of nitrogens with zero attached hydrogens (tertiary/aromatic N) is 1. The smallest absolute Gasteiger partial charge is 0.243 e. The van der Waals surface area contributed by atoms with Gasteiger partial charge in [-0.15, -0.1) is 0 Å². The van der Waals surface area contributed by atoms with Crippen LogP contribution in [-0.2, 0) is 11.3 Å². The summed E-state index contributed by atoms with van der Waals surface area (Å²) >= 11 is 0. The van der Waals surface area contributed by atoms with Crippen LogP contribution in [0.1, 0.15) is 11.3 Å². The van der Waals surface area contributed by atoms with Gasteiger partial charge in [-0.05, 0) is 43.3 Å². The van der Waals surface area contributed by atoms with Crippen molar-refractivity contribution in [1.29, 1.82) is 0 Å². The highest BCUT2D eigenvalue weighted by atomic mass is 16.3. The maximum absolute atomic E-state index is 12.4. The van der Waals surface area contributed by atoms with Crippen LogP contribution in [0.15, 0.2) is 77.4 Å². The van der Waals surface area contributed by atoms with Crippen LogP contribution in [0.5, 0.6) is 0 Å². The number of rotatable bonds is 6. The zero-order chi connectivity index (χ0) is 16.8. The third-order valence-electron chi connectivity index (χ3n) is 3.72. The largest absolute Gasteiger partial charge is 0.467 e. The van der Waals surface area contributed by atoms with E-state index in [1.165, 1.54) is 5.56 Å². The molecule has 4 heteroatoms. The summed E-state index contributed by atoms with van der Waals surface area (Å²) in [6.07, 6.45) is 1.65. The summed E-state index contributed by atoms with van der Waals surface area (Å²) in [6.45, 7) is 2.83. The monoisotopic (exact) mass is 320 g/mol. The van der Waals surface area contributed by atoms with E-state index in [9.17, 15) is 4.79 Å². The third kappa shape index (κ3) is 4.26. The fourth-order valence-corrected chi connectivity index (χ4v) is 2.48. The molecular formula is C20H20N2O2. The standard InChI is InChI=1S/C20H20N2O2/c1-16-9-11-18(12-10-16)22(14-19-8-5-13-24-19)15-20(23)21-17-6-3-2-4-7-17/h2-13H,14-15H2,1H3,(H,21,23). The second-order valence-corrected chi connectivity index (χ2v) is 5.69. The number of hydrogen-bond donors (Lipinski definition) is 1. The van der Waals surface area contributed by atoms with Crippen molar-refractivity contribution in [3.63, 3.8) is 0 Å². The molecule has 0 spiro atoms. The summed E-state index contributed by atoms with van der Waals surface area (Å²) in [5, 5.41) is 2.92. The van der Waals surface area contributed by atoms with Gasteiger partial charge in [0.15, 0.2) is 0 Å². The van der Waals surface area contributed by atoms with Gasteiger partial charge in [0, 0.05) is 11.4 Å². The highest BCUT2D eigenvalue weighted by molar-refractivity contribution is 5.94. The first-order valence-electron chi connectivity index (χ1n) is 7.89. The summed E-state index contributed by atoms with van der Waals surface area (Å²) in [5.74, 6) is 0.761. The van der Waals surface area contributed by atoms with E-state index in [0.717, 1.165) is 17.1 Å². The van der Waals surface area contributed by atoms with Crippen LogP contribution < -0.4 is 10.2 Å². The summed E-state index contributed by atoms with van der Waals surface area (Å²) in [6, 6.07) is 21.4. The molecule has 0 fully saturated rings. The number of carbonyl (C=O) groups excluding carboxylic acids is 1. The molecule has 0 aliphatic heterocycles. The van der Waals surface area contributed by atoms with E-state index in [-0.39, 0.29) is 12.5 Å². The lowest BCUT2D eigenvalue weighted by Gasteiger charge is -2.23. The van der Waals surface area contributed by atoms with Gasteiger partial charge in [0.1, 0.15) is 5.76 Å². The van der Waals surface area contributed by atoms with Crippen LogP contribution in [0.25, 0.3) is 0 Å². The molecule has 0 saturated heterocycles. The predicted molar refractivity (Wildman–Crippen MR) is 96.0 cm³/mol. The Hall–Kier alpha value is -3.01. The van der Waals surface area contributed by atoms with Crippen molar-refractivity contribution in [1.82, 2.24) is 0 Å². The fraction of sp³-hybridized carbons (Fsp3) is 0.150. The molecule has 122 valence electrons. The van der Waals surface area contributed by atoms with Gasteiger partial charge in [-0.2, -0.15) is 0 Å². The normalized spacial score (nSPS) is 10.4. The van der Waals surface area contributed by atoms with Gasteiger partial charge in [-0.25, -0.2) is 0 Å². The van der Waals surface area contributed by atoms with Gasteiger partial charge >= 0.3 is 0 Å². The molecule has 1 N–H and O–H groups in total. The lowest BCUT2D eigenvalue weighted by atomic mass is 10.2. The summed E-state index contributed by atoms with van der Waals surface area (Å²) in [4.78, 5) is 14.4. The van der Waals surface area contributed by atoms with Crippen LogP contribution in [0.2, 0.25) is 0 Å². The van der Waals surface area contributed by atoms with Crippen molar-refractivity contribution >= 4 is 17.3 Å². The second-order valence-electron chi connectivity index (χ2n) is 5.69. The minimum atomic E-state index is -0.0617. The average Bonchev–Trinajstić information content (AvgIpc) is 3.09. The summed E-state index contributed by atoms with van der Waals surface area (Å²) in [7, 11) is 0. The Kier molecular flexibility index (Phi) is 4.96. The molecular weight excluding hydrogens is 300 g/mol. The van der Waals surface area contributed by atoms with Crippen LogP contribution in [0, 0.1) is 6.92 Å². The number of nitrogens with one attached hydrogen (secondary N) is 1. The Bertz CT molecular complexity index is 765. The molecule has 1 amide bonds. The summed E-state index contributed by atoms with van der Waals surface area (Å²) in [5.41, 5.74) is 2.97.